The first kappa shape index (κ1) is 14.1. The van der Waals surface area contributed by atoms with Gasteiger partial charge >= 0.3 is 0 Å². The highest BCUT2D eigenvalue weighted by molar-refractivity contribution is 6.33. The average Bonchev–Trinajstić information content (AvgIpc) is 2.45. The zero-order valence-electron chi connectivity index (χ0n) is 11.2. The number of aromatic nitrogens is 1. The number of piperazine rings is 1. The Morgan fingerprint density at radius 3 is 2.65 bits per heavy atom. The summed E-state index contributed by atoms with van der Waals surface area (Å²) in [5.74, 6) is 0.00132. The third kappa shape index (κ3) is 2.92. The largest absolute Gasteiger partial charge is 0.336 e. The van der Waals surface area contributed by atoms with E-state index in [2.05, 4.69) is 9.88 Å². The molecular formula is C14H17Cl2N3O. The number of nitrogens with zero attached hydrogens (tertiary/aromatic N) is 3. The van der Waals surface area contributed by atoms with Gasteiger partial charge in [0.2, 0.25) is 0 Å². The van der Waals surface area contributed by atoms with Crippen LogP contribution in [-0.2, 0) is 0 Å². The van der Waals surface area contributed by atoms with Crippen molar-refractivity contribution in [2.75, 3.05) is 26.2 Å². The Bertz CT molecular complexity index is 503. The van der Waals surface area contributed by atoms with Crippen molar-refractivity contribution in [1.29, 1.82) is 0 Å². The molecule has 3 heterocycles. The van der Waals surface area contributed by atoms with Crippen molar-refractivity contribution in [3.8, 4) is 0 Å². The van der Waals surface area contributed by atoms with Crippen molar-refractivity contribution in [3.05, 3.63) is 28.0 Å². The van der Waals surface area contributed by atoms with Gasteiger partial charge in [0.25, 0.3) is 5.91 Å². The lowest BCUT2D eigenvalue weighted by atomic mass is 9.99. The van der Waals surface area contributed by atoms with E-state index in [4.69, 9.17) is 23.2 Å². The Morgan fingerprint density at radius 2 is 1.90 bits per heavy atom. The standard InChI is InChI=1S/C14H17Cl2N3O/c15-12-7-10(8-13(16)17-12)14(20)19-6-5-18-4-2-1-3-11(18)9-19/h7-8,11H,1-6,9H2. The third-order valence-electron chi connectivity index (χ3n) is 4.13. The number of hydrogen-bond donors (Lipinski definition) is 0. The molecule has 6 heteroatoms. The molecule has 1 amide bonds. The third-order valence-corrected chi connectivity index (χ3v) is 4.52. The van der Waals surface area contributed by atoms with E-state index < -0.39 is 0 Å². The van der Waals surface area contributed by atoms with Crippen LogP contribution in [0.2, 0.25) is 10.3 Å². The minimum absolute atomic E-state index is 0.00132. The van der Waals surface area contributed by atoms with Gasteiger partial charge in [-0.2, -0.15) is 0 Å². The van der Waals surface area contributed by atoms with Crippen LogP contribution in [0.5, 0.6) is 0 Å². The monoisotopic (exact) mass is 313 g/mol. The smallest absolute Gasteiger partial charge is 0.254 e. The molecule has 0 aromatic carbocycles. The fourth-order valence-electron chi connectivity index (χ4n) is 3.11. The second kappa shape index (κ2) is 5.88. The van der Waals surface area contributed by atoms with Gasteiger partial charge in [0, 0.05) is 31.2 Å². The molecule has 0 aliphatic carbocycles. The topological polar surface area (TPSA) is 36.4 Å². The molecule has 0 bridgehead atoms. The van der Waals surface area contributed by atoms with Gasteiger partial charge in [0.05, 0.1) is 0 Å². The maximum Gasteiger partial charge on any atom is 0.254 e. The lowest BCUT2D eigenvalue weighted by Gasteiger charge is -2.44. The van der Waals surface area contributed by atoms with Gasteiger partial charge in [0.1, 0.15) is 10.3 Å². The molecule has 3 rings (SSSR count). The van der Waals surface area contributed by atoms with Gasteiger partial charge < -0.3 is 4.90 Å². The van der Waals surface area contributed by atoms with Crippen LogP contribution in [0.15, 0.2) is 12.1 Å². The van der Waals surface area contributed by atoms with Crippen molar-refractivity contribution in [3.63, 3.8) is 0 Å². The molecule has 1 aromatic rings. The Kier molecular flexibility index (Phi) is 4.15. The Balaban J connectivity index is 1.74. The number of fused-ring (bicyclic) bond motifs is 1. The minimum atomic E-state index is 0.00132. The average molecular weight is 314 g/mol. The molecule has 1 atom stereocenters. The zero-order valence-corrected chi connectivity index (χ0v) is 12.7. The molecule has 0 N–H and O–H groups in total. The number of piperidine rings is 1. The fraction of sp³-hybridized carbons (Fsp3) is 0.571. The van der Waals surface area contributed by atoms with E-state index >= 15 is 0 Å². The molecule has 2 fully saturated rings. The van der Waals surface area contributed by atoms with Gasteiger partial charge in [-0.1, -0.05) is 29.6 Å². The van der Waals surface area contributed by atoms with E-state index in [9.17, 15) is 4.79 Å². The van der Waals surface area contributed by atoms with Gasteiger partial charge in [0.15, 0.2) is 0 Å². The summed E-state index contributed by atoms with van der Waals surface area (Å²) < 4.78 is 0. The van der Waals surface area contributed by atoms with Crippen LogP contribution in [0.4, 0.5) is 0 Å². The predicted octanol–water partition coefficient (Wildman–Crippen LogP) is 2.70. The second-order valence-corrected chi connectivity index (χ2v) is 6.21. The summed E-state index contributed by atoms with van der Waals surface area (Å²) in [5.41, 5.74) is 0.527. The van der Waals surface area contributed by atoms with Crippen molar-refractivity contribution < 1.29 is 4.79 Å². The minimum Gasteiger partial charge on any atom is -0.336 e. The molecule has 108 valence electrons. The fourth-order valence-corrected chi connectivity index (χ4v) is 3.57. The van der Waals surface area contributed by atoms with Gasteiger partial charge in [-0.05, 0) is 31.5 Å². The van der Waals surface area contributed by atoms with Crippen LogP contribution in [0.1, 0.15) is 29.6 Å². The highest BCUT2D eigenvalue weighted by atomic mass is 35.5. The summed E-state index contributed by atoms with van der Waals surface area (Å²) in [5, 5.41) is 0.523. The van der Waals surface area contributed by atoms with Crippen LogP contribution in [0.25, 0.3) is 0 Å². The van der Waals surface area contributed by atoms with Gasteiger partial charge in [-0.15, -0.1) is 0 Å². The zero-order chi connectivity index (χ0) is 14.1. The predicted molar refractivity (Wildman–Crippen MR) is 79.4 cm³/mol. The summed E-state index contributed by atoms with van der Waals surface area (Å²) in [6.07, 6.45) is 3.72. The van der Waals surface area contributed by atoms with E-state index in [0.29, 0.717) is 11.6 Å². The lowest BCUT2D eigenvalue weighted by molar-refractivity contribution is 0.0372. The molecule has 20 heavy (non-hydrogen) atoms. The summed E-state index contributed by atoms with van der Waals surface area (Å²) >= 11 is 11.7. The highest BCUT2D eigenvalue weighted by Crippen LogP contribution is 2.23. The number of pyridine rings is 1. The molecule has 2 aliphatic rings. The maximum absolute atomic E-state index is 12.5. The first-order valence-electron chi connectivity index (χ1n) is 7.00. The SMILES string of the molecule is O=C(c1cc(Cl)nc(Cl)c1)N1CCN2CCCCC2C1. The Hall–Kier alpha value is -0.840. The second-order valence-electron chi connectivity index (χ2n) is 5.44. The highest BCUT2D eigenvalue weighted by Gasteiger charge is 2.31. The van der Waals surface area contributed by atoms with Crippen LogP contribution in [-0.4, -0.2) is 52.9 Å². The van der Waals surface area contributed by atoms with Crippen LogP contribution < -0.4 is 0 Å². The summed E-state index contributed by atoms with van der Waals surface area (Å²) in [6, 6.07) is 3.68. The van der Waals surface area contributed by atoms with Crippen LogP contribution in [0.3, 0.4) is 0 Å². The van der Waals surface area contributed by atoms with E-state index in [0.717, 1.165) is 19.6 Å². The first-order valence-corrected chi connectivity index (χ1v) is 7.75. The summed E-state index contributed by atoms with van der Waals surface area (Å²) in [7, 11) is 0. The van der Waals surface area contributed by atoms with Crippen molar-refractivity contribution in [2.45, 2.75) is 25.3 Å². The molecular weight excluding hydrogens is 297 g/mol. The Morgan fingerprint density at radius 1 is 1.15 bits per heavy atom. The maximum atomic E-state index is 12.5. The molecule has 0 saturated carbocycles. The van der Waals surface area contributed by atoms with E-state index in [1.807, 2.05) is 4.90 Å². The van der Waals surface area contributed by atoms with Crippen molar-refractivity contribution >= 4 is 29.1 Å². The van der Waals surface area contributed by atoms with Gasteiger partial charge in [-0.25, -0.2) is 4.98 Å². The normalized spacial score (nSPS) is 23.5. The molecule has 2 aliphatic heterocycles. The molecule has 0 spiro atoms. The van der Waals surface area contributed by atoms with E-state index in [-0.39, 0.29) is 16.2 Å². The molecule has 1 aromatic heterocycles. The molecule has 2 saturated heterocycles. The van der Waals surface area contributed by atoms with Crippen LogP contribution in [0, 0.1) is 0 Å². The van der Waals surface area contributed by atoms with Crippen molar-refractivity contribution in [2.24, 2.45) is 0 Å². The first-order chi connectivity index (χ1) is 9.63. The molecule has 4 nitrogen and oxygen atoms in total. The summed E-state index contributed by atoms with van der Waals surface area (Å²) in [6.45, 7) is 3.70. The van der Waals surface area contributed by atoms with Crippen LogP contribution >= 0.6 is 23.2 Å². The number of halogens is 2. The molecule has 1 unspecified atom stereocenters. The number of carbonyl (C=O) groups excluding carboxylic acids is 1. The van der Waals surface area contributed by atoms with Crippen molar-refractivity contribution in [1.82, 2.24) is 14.8 Å². The summed E-state index contributed by atoms with van der Waals surface area (Å²) in [4.78, 5) is 20.8. The number of carbonyl (C=O) groups is 1. The quantitative estimate of drug-likeness (QED) is 0.748. The van der Waals surface area contributed by atoms with Gasteiger partial charge in [-0.3, -0.25) is 9.69 Å². The Labute approximate surface area is 128 Å². The lowest BCUT2D eigenvalue weighted by Crippen LogP contribution is -2.56. The number of hydrogen-bond acceptors (Lipinski definition) is 3. The van der Waals surface area contributed by atoms with E-state index in [1.165, 1.54) is 25.8 Å². The molecule has 0 radical (unpaired) electrons. The van der Waals surface area contributed by atoms with E-state index in [1.54, 1.807) is 12.1 Å². The number of rotatable bonds is 1. The number of amides is 1.